The van der Waals surface area contributed by atoms with Crippen LogP contribution in [0.3, 0.4) is 0 Å². The minimum absolute atomic E-state index is 0.0782. The van der Waals surface area contributed by atoms with Crippen molar-refractivity contribution in [3.63, 3.8) is 0 Å². The van der Waals surface area contributed by atoms with Crippen molar-refractivity contribution in [3.05, 3.63) is 47.4 Å². The molecular weight excluding hydrogens is 251 g/mol. The number of phenols is 1. The number of nitrogens with one attached hydrogen (secondary N) is 1. The van der Waals surface area contributed by atoms with Crippen molar-refractivity contribution in [3.8, 4) is 5.75 Å². The van der Waals surface area contributed by atoms with Crippen LogP contribution in [-0.2, 0) is 13.0 Å². The van der Waals surface area contributed by atoms with Crippen molar-refractivity contribution in [2.45, 2.75) is 19.9 Å². The van der Waals surface area contributed by atoms with Crippen LogP contribution in [0.5, 0.6) is 5.75 Å². The summed E-state index contributed by atoms with van der Waals surface area (Å²) in [5.41, 5.74) is -0.123. The number of hydrogen-bond donors (Lipinski definition) is 2. The Morgan fingerprint density at radius 3 is 3.00 bits per heavy atom. The van der Waals surface area contributed by atoms with Crippen molar-refractivity contribution < 1.29 is 18.7 Å². The maximum Gasteiger partial charge on any atom is 0.255 e. The number of aromatic nitrogens is 1. The molecule has 0 saturated heterocycles. The Bertz CT molecular complexity index is 595. The van der Waals surface area contributed by atoms with Crippen LogP contribution < -0.4 is 5.32 Å². The molecule has 1 amide bonds. The smallest absolute Gasteiger partial charge is 0.255 e. The molecule has 1 aromatic heterocycles. The molecule has 6 heteroatoms. The van der Waals surface area contributed by atoms with Gasteiger partial charge in [-0.1, -0.05) is 6.92 Å². The van der Waals surface area contributed by atoms with Gasteiger partial charge in [0.25, 0.3) is 5.91 Å². The third-order valence-electron chi connectivity index (χ3n) is 2.55. The lowest BCUT2D eigenvalue weighted by Crippen LogP contribution is -2.23. The Morgan fingerprint density at radius 2 is 2.32 bits per heavy atom. The Kier molecular flexibility index (Phi) is 3.79. The fourth-order valence-electron chi connectivity index (χ4n) is 1.53. The summed E-state index contributed by atoms with van der Waals surface area (Å²) in [6, 6.07) is 3.18. The highest BCUT2D eigenvalue weighted by Gasteiger charge is 2.13. The van der Waals surface area contributed by atoms with Gasteiger partial charge in [0.2, 0.25) is 5.89 Å². The highest BCUT2D eigenvalue weighted by molar-refractivity contribution is 5.96. The van der Waals surface area contributed by atoms with Gasteiger partial charge in [-0.05, 0) is 18.2 Å². The SMILES string of the molecule is CCc1cnc(CNC(=O)c2cc(F)ccc2O)o1. The first-order chi connectivity index (χ1) is 9.10. The molecule has 0 fully saturated rings. The summed E-state index contributed by atoms with van der Waals surface area (Å²) in [7, 11) is 0. The quantitative estimate of drug-likeness (QED) is 0.885. The number of hydrogen-bond acceptors (Lipinski definition) is 4. The summed E-state index contributed by atoms with van der Waals surface area (Å²) < 4.78 is 18.3. The summed E-state index contributed by atoms with van der Waals surface area (Å²) >= 11 is 0. The molecule has 0 atom stereocenters. The maximum absolute atomic E-state index is 13.0. The van der Waals surface area contributed by atoms with Gasteiger partial charge in [0, 0.05) is 6.42 Å². The van der Waals surface area contributed by atoms with Crippen LogP contribution in [0.2, 0.25) is 0 Å². The fraction of sp³-hybridized carbons (Fsp3) is 0.231. The molecule has 0 aliphatic carbocycles. The second-order valence-corrected chi connectivity index (χ2v) is 3.92. The average molecular weight is 264 g/mol. The summed E-state index contributed by atoms with van der Waals surface area (Å²) in [5, 5.41) is 12.0. The number of oxazole rings is 1. The van der Waals surface area contributed by atoms with Gasteiger partial charge in [0.05, 0.1) is 18.3 Å². The van der Waals surface area contributed by atoms with Gasteiger partial charge in [-0.2, -0.15) is 0 Å². The van der Waals surface area contributed by atoms with E-state index in [1.807, 2.05) is 6.92 Å². The fourth-order valence-corrected chi connectivity index (χ4v) is 1.53. The first-order valence-corrected chi connectivity index (χ1v) is 5.80. The summed E-state index contributed by atoms with van der Waals surface area (Å²) in [6.07, 6.45) is 2.30. The van der Waals surface area contributed by atoms with E-state index in [-0.39, 0.29) is 17.9 Å². The van der Waals surface area contributed by atoms with Gasteiger partial charge < -0.3 is 14.8 Å². The van der Waals surface area contributed by atoms with E-state index in [1.54, 1.807) is 6.20 Å². The molecule has 100 valence electrons. The third-order valence-corrected chi connectivity index (χ3v) is 2.55. The molecule has 0 unspecified atom stereocenters. The number of carbonyl (C=O) groups is 1. The number of benzene rings is 1. The van der Waals surface area contributed by atoms with E-state index in [0.717, 1.165) is 24.0 Å². The van der Waals surface area contributed by atoms with Gasteiger partial charge >= 0.3 is 0 Å². The number of rotatable bonds is 4. The van der Waals surface area contributed by atoms with Crippen LogP contribution >= 0.6 is 0 Å². The molecule has 0 spiro atoms. The molecule has 2 N–H and O–H groups in total. The molecule has 2 rings (SSSR count). The number of aryl methyl sites for hydroxylation is 1. The Hall–Kier alpha value is -2.37. The predicted molar refractivity (Wildman–Crippen MR) is 65.1 cm³/mol. The Morgan fingerprint density at radius 1 is 1.53 bits per heavy atom. The van der Waals surface area contributed by atoms with Gasteiger partial charge in [-0.15, -0.1) is 0 Å². The summed E-state index contributed by atoms with van der Waals surface area (Å²) in [4.78, 5) is 15.7. The van der Waals surface area contributed by atoms with Crippen molar-refractivity contribution in [1.82, 2.24) is 10.3 Å². The van der Waals surface area contributed by atoms with Gasteiger partial charge in [-0.3, -0.25) is 4.79 Å². The van der Waals surface area contributed by atoms with Crippen molar-refractivity contribution in [2.24, 2.45) is 0 Å². The zero-order valence-corrected chi connectivity index (χ0v) is 10.3. The standard InChI is InChI=1S/C13H13FN2O3/c1-2-9-6-15-12(19-9)7-16-13(18)10-5-8(14)3-4-11(10)17/h3-6,17H,2,7H2,1H3,(H,16,18). The first kappa shape index (κ1) is 13.1. The summed E-state index contributed by atoms with van der Waals surface area (Å²) in [5.74, 6) is -0.375. The zero-order chi connectivity index (χ0) is 13.8. The molecule has 1 heterocycles. The number of amides is 1. The average Bonchev–Trinajstić information content (AvgIpc) is 2.87. The first-order valence-electron chi connectivity index (χ1n) is 5.80. The van der Waals surface area contributed by atoms with Crippen LogP contribution in [0.4, 0.5) is 4.39 Å². The number of carbonyl (C=O) groups excluding carboxylic acids is 1. The zero-order valence-electron chi connectivity index (χ0n) is 10.3. The predicted octanol–water partition coefficient (Wildman–Crippen LogP) is 2.01. The Balaban J connectivity index is 2.03. The molecular formula is C13H13FN2O3. The van der Waals surface area contributed by atoms with Gasteiger partial charge in [0.1, 0.15) is 17.3 Å². The molecule has 5 nitrogen and oxygen atoms in total. The second-order valence-electron chi connectivity index (χ2n) is 3.92. The molecule has 0 aliphatic heterocycles. The molecule has 19 heavy (non-hydrogen) atoms. The van der Waals surface area contributed by atoms with E-state index in [9.17, 15) is 14.3 Å². The number of aromatic hydroxyl groups is 1. The minimum atomic E-state index is -0.590. The lowest BCUT2D eigenvalue weighted by Gasteiger charge is -2.05. The molecule has 0 radical (unpaired) electrons. The Labute approximate surface area is 109 Å². The minimum Gasteiger partial charge on any atom is -0.507 e. The van der Waals surface area contributed by atoms with E-state index >= 15 is 0 Å². The van der Waals surface area contributed by atoms with Crippen LogP contribution in [0.25, 0.3) is 0 Å². The number of halogens is 1. The van der Waals surface area contributed by atoms with Crippen LogP contribution in [-0.4, -0.2) is 16.0 Å². The lowest BCUT2D eigenvalue weighted by molar-refractivity contribution is 0.0944. The molecule has 1 aromatic carbocycles. The normalized spacial score (nSPS) is 10.4. The number of phenolic OH excluding ortho intramolecular Hbond substituents is 1. The monoisotopic (exact) mass is 264 g/mol. The van der Waals surface area contributed by atoms with E-state index in [1.165, 1.54) is 0 Å². The van der Waals surface area contributed by atoms with Gasteiger partial charge in [0.15, 0.2) is 0 Å². The molecule has 0 saturated carbocycles. The number of nitrogens with zero attached hydrogens (tertiary/aromatic N) is 1. The van der Waals surface area contributed by atoms with Crippen molar-refractivity contribution in [2.75, 3.05) is 0 Å². The van der Waals surface area contributed by atoms with E-state index in [4.69, 9.17) is 4.42 Å². The van der Waals surface area contributed by atoms with Gasteiger partial charge in [-0.25, -0.2) is 9.37 Å². The van der Waals surface area contributed by atoms with E-state index in [2.05, 4.69) is 10.3 Å². The van der Waals surface area contributed by atoms with Crippen molar-refractivity contribution >= 4 is 5.91 Å². The topological polar surface area (TPSA) is 75.4 Å². The second kappa shape index (κ2) is 5.51. The highest BCUT2D eigenvalue weighted by atomic mass is 19.1. The molecule has 2 aromatic rings. The third kappa shape index (κ3) is 3.09. The van der Waals surface area contributed by atoms with Crippen LogP contribution in [0, 0.1) is 5.82 Å². The molecule has 0 aliphatic rings. The highest BCUT2D eigenvalue weighted by Crippen LogP contribution is 2.17. The maximum atomic E-state index is 13.0. The van der Waals surface area contributed by atoms with Crippen molar-refractivity contribution in [1.29, 1.82) is 0 Å². The van der Waals surface area contributed by atoms with E-state index in [0.29, 0.717) is 12.3 Å². The molecule has 0 bridgehead atoms. The van der Waals surface area contributed by atoms with Crippen LogP contribution in [0.1, 0.15) is 28.9 Å². The van der Waals surface area contributed by atoms with E-state index < -0.39 is 11.7 Å². The summed E-state index contributed by atoms with van der Waals surface area (Å²) in [6.45, 7) is 2.00. The largest absolute Gasteiger partial charge is 0.507 e. The lowest BCUT2D eigenvalue weighted by atomic mass is 10.2. The van der Waals surface area contributed by atoms with Crippen LogP contribution in [0.15, 0.2) is 28.8 Å².